The topological polar surface area (TPSA) is 97.8 Å². The number of aromatic nitrogens is 1. The van der Waals surface area contributed by atoms with Crippen molar-refractivity contribution in [2.75, 3.05) is 19.7 Å². The molecule has 0 radical (unpaired) electrons. The van der Waals surface area contributed by atoms with Crippen LogP contribution in [0.5, 0.6) is 0 Å². The van der Waals surface area contributed by atoms with Crippen molar-refractivity contribution in [2.45, 2.75) is 65.0 Å². The molecule has 30 heavy (non-hydrogen) atoms. The maximum atomic E-state index is 12.6. The normalized spacial score (nSPS) is 15.9. The Balaban J connectivity index is 1.87. The molecule has 1 aromatic rings. The lowest BCUT2D eigenvalue weighted by Gasteiger charge is -2.33. The molecule has 166 valence electrons. The maximum absolute atomic E-state index is 12.6. The number of carbonyl (C=O) groups excluding carboxylic acids is 3. The minimum Gasteiger partial charge on any atom is -0.466 e. The smallest absolute Gasteiger partial charge is 0.410 e. The van der Waals surface area contributed by atoms with Crippen LogP contribution < -0.4 is 5.32 Å². The maximum Gasteiger partial charge on any atom is 0.410 e. The van der Waals surface area contributed by atoms with E-state index in [9.17, 15) is 14.4 Å². The van der Waals surface area contributed by atoms with Crippen LogP contribution in [0.15, 0.2) is 24.4 Å². The molecule has 1 unspecified atom stereocenters. The summed E-state index contributed by atoms with van der Waals surface area (Å²) < 4.78 is 10.4. The second-order valence-electron chi connectivity index (χ2n) is 8.50. The van der Waals surface area contributed by atoms with Gasteiger partial charge in [0, 0.05) is 25.7 Å². The molecule has 0 aromatic carbocycles. The molecule has 1 fully saturated rings. The molecule has 1 atom stereocenters. The quantitative estimate of drug-likeness (QED) is 0.682. The monoisotopic (exact) mass is 419 g/mol. The summed E-state index contributed by atoms with van der Waals surface area (Å²) in [5.74, 6) is -0.333. The van der Waals surface area contributed by atoms with Gasteiger partial charge in [0.25, 0.3) is 0 Å². The van der Waals surface area contributed by atoms with Crippen LogP contribution in [-0.4, -0.2) is 53.2 Å². The number of amides is 2. The number of likely N-dealkylation sites (tertiary alicyclic amines) is 1. The second kappa shape index (κ2) is 10.9. The highest BCUT2D eigenvalue weighted by Gasteiger charge is 2.28. The van der Waals surface area contributed by atoms with Crippen LogP contribution in [0.3, 0.4) is 0 Å². The van der Waals surface area contributed by atoms with Crippen LogP contribution in [0.1, 0.15) is 65.1 Å². The van der Waals surface area contributed by atoms with Gasteiger partial charge in [-0.2, -0.15) is 0 Å². The molecule has 0 saturated carbocycles. The summed E-state index contributed by atoms with van der Waals surface area (Å²) in [6.45, 7) is 8.70. The fraction of sp³-hybridized carbons (Fsp3) is 0.636. The third kappa shape index (κ3) is 8.00. The molecule has 8 heteroatoms. The lowest BCUT2D eigenvalue weighted by atomic mass is 9.93. The first-order valence-corrected chi connectivity index (χ1v) is 10.5. The van der Waals surface area contributed by atoms with Gasteiger partial charge in [0.05, 0.1) is 24.8 Å². The zero-order valence-electron chi connectivity index (χ0n) is 18.3. The molecule has 2 rings (SSSR count). The Morgan fingerprint density at radius 2 is 1.93 bits per heavy atom. The second-order valence-corrected chi connectivity index (χ2v) is 8.50. The first kappa shape index (κ1) is 23.6. The number of rotatable bonds is 7. The molecule has 0 bridgehead atoms. The fourth-order valence-electron chi connectivity index (χ4n) is 3.36. The summed E-state index contributed by atoms with van der Waals surface area (Å²) in [6.07, 6.45) is 3.17. The highest BCUT2D eigenvalue weighted by Crippen LogP contribution is 2.23. The minimum absolute atomic E-state index is 0.0354. The average Bonchev–Trinajstić information content (AvgIpc) is 2.67. The number of nitrogens with zero attached hydrogens (tertiary/aromatic N) is 2. The molecule has 1 N–H and O–H groups in total. The summed E-state index contributed by atoms with van der Waals surface area (Å²) in [5, 5.41) is 2.93. The lowest BCUT2D eigenvalue weighted by molar-refractivity contribution is -0.143. The van der Waals surface area contributed by atoms with Gasteiger partial charge in [0.2, 0.25) is 5.91 Å². The van der Waals surface area contributed by atoms with E-state index in [-0.39, 0.29) is 36.9 Å². The number of piperidine rings is 1. The van der Waals surface area contributed by atoms with Gasteiger partial charge in [-0.25, -0.2) is 4.79 Å². The van der Waals surface area contributed by atoms with Crippen molar-refractivity contribution in [1.82, 2.24) is 15.2 Å². The largest absolute Gasteiger partial charge is 0.466 e. The van der Waals surface area contributed by atoms with Crippen molar-refractivity contribution in [1.29, 1.82) is 0 Å². The Bertz CT molecular complexity index is 709. The molecule has 1 saturated heterocycles. The van der Waals surface area contributed by atoms with Crippen LogP contribution in [-0.2, 0) is 19.1 Å². The number of hydrogen-bond donors (Lipinski definition) is 1. The highest BCUT2D eigenvalue weighted by molar-refractivity contribution is 5.78. The summed E-state index contributed by atoms with van der Waals surface area (Å²) in [7, 11) is 0. The predicted molar refractivity (Wildman–Crippen MR) is 112 cm³/mol. The van der Waals surface area contributed by atoms with Gasteiger partial charge in [0.15, 0.2) is 0 Å². The van der Waals surface area contributed by atoms with Crippen molar-refractivity contribution < 1.29 is 23.9 Å². The van der Waals surface area contributed by atoms with Crippen molar-refractivity contribution in [3.63, 3.8) is 0 Å². The van der Waals surface area contributed by atoms with Crippen molar-refractivity contribution >= 4 is 18.0 Å². The van der Waals surface area contributed by atoms with E-state index in [2.05, 4.69) is 10.3 Å². The fourth-order valence-corrected chi connectivity index (χ4v) is 3.36. The molecule has 2 heterocycles. The van der Waals surface area contributed by atoms with E-state index in [0.717, 1.165) is 12.8 Å². The third-order valence-corrected chi connectivity index (χ3v) is 4.80. The minimum atomic E-state index is -0.528. The molecular weight excluding hydrogens is 386 g/mol. The number of pyridine rings is 1. The van der Waals surface area contributed by atoms with Gasteiger partial charge in [-0.15, -0.1) is 0 Å². The molecule has 0 spiro atoms. The highest BCUT2D eigenvalue weighted by atomic mass is 16.6. The lowest BCUT2D eigenvalue weighted by Crippen LogP contribution is -2.42. The zero-order valence-corrected chi connectivity index (χ0v) is 18.3. The van der Waals surface area contributed by atoms with Gasteiger partial charge in [-0.05, 0) is 58.6 Å². The molecule has 2 amide bonds. The Labute approximate surface area is 178 Å². The summed E-state index contributed by atoms with van der Waals surface area (Å²) >= 11 is 0. The summed E-state index contributed by atoms with van der Waals surface area (Å²) in [6, 6.07) is 4.85. The van der Waals surface area contributed by atoms with E-state index in [4.69, 9.17) is 9.47 Å². The first-order chi connectivity index (χ1) is 14.2. The molecule has 0 aliphatic carbocycles. The van der Waals surface area contributed by atoms with Gasteiger partial charge >= 0.3 is 12.1 Å². The van der Waals surface area contributed by atoms with Crippen LogP contribution in [0.4, 0.5) is 4.79 Å². The Morgan fingerprint density at radius 3 is 2.50 bits per heavy atom. The molecular formula is C22H33N3O5. The third-order valence-electron chi connectivity index (χ3n) is 4.80. The van der Waals surface area contributed by atoms with E-state index < -0.39 is 11.6 Å². The SMILES string of the molecule is CCOC(=O)CC(NC(=O)CC1CCN(C(=O)OC(C)(C)C)CC1)c1ccccn1. The van der Waals surface area contributed by atoms with E-state index in [0.29, 0.717) is 25.2 Å². The molecule has 8 nitrogen and oxygen atoms in total. The van der Waals surface area contributed by atoms with Crippen LogP contribution in [0.25, 0.3) is 0 Å². The standard InChI is InChI=1S/C22H33N3O5/c1-5-29-20(27)15-18(17-8-6-7-11-23-17)24-19(26)14-16-9-12-25(13-10-16)21(28)30-22(2,3)4/h6-8,11,16,18H,5,9-10,12-15H2,1-4H3,(H,24,26). The van der Waals surface area contributed by atoms with Gasteiger partial charge in [-0.1, -0.05) is 6.07 Å². The molecule has 1 aliphatic heterocycles. The summed E-state index contributed by atoms with van der Waals surface area (Å²) in [5.41, 5.74) is 0.103. The Hall–Kier alpha value is -2.64. The van der Waals surface area contributed by atoms with E-state index in [1.54, 1.807) is 30.2 Å². The van der Waals surface area contributed by atoms with Crippen LogP contribution >= 0.6 is 0 Å². The molecule has 1 aromatic heterocycles. The predicted octanol–water partition coefficient (Wildman–Crippen LogP) is 3.23. The van der Waals surface area contributed by atoms with E-state index >= 15 is 0 Å². The number of hydrogen-bond acceptors (Lipinski definition) is 6. The van der Waals surface area contributed by atoms with E-state index in [1.807, 2.05) is 26.8 Å². The zero-order chi connectivity index (χ0) is 22.1. The van der Waals surface area contributed by atoms with Crippen molar-refractivity contribution in [3.8, 4) is 0 Å². The van der Waals surface area contributed by atoms with Gasteiger partial charge < -0.3 is 19.7 Å². The van der Waals surface area contributed by atoms with Crippen LogP contribution in [0, 0.1) is 5.92 Å². The van der Waals surface area contributed by atoms with Crippen molar-refractivity contribution in [2.24, 2.45) is 5.92 Å². The Morgan fingerprint density at radius 1 is 1.23 bits per heavy atom. The first-order valence-electron chi connectivity index (χ1n) is 10.5. The van der Waals surface area contributed by atoms with E-state index in [1.165, 1.54) is 0 Å². The number of nitrogens with one attached hydrogen (secondary N) is 1. The van der Waals surface area contributed by atoms with Crippen molar-refractivity contribution in [3.05, 3.63) is 30.1 Å². The number of esters is 1. The van der Waals surface area contributed by atoms with Gasteiger partial charge in [0.1, 0.15) is 5.60 Å². The average molecular weight is 420 g/mol. The van der Waals surface area contributed by atoms with Crippen LogP contribution in [0.2, 0.25) is 0 Å². The molecule has 1 aliphatic rings. The van der Waals surface area contributed by atoms with Gasteiger partial charge in [-0.3, -0.25) is 14.6 Å². The Kier molecular flexibility index (Phi) is 8.62. The number of carbonyl (C=O) groups is 3. The summed E-state index contributed by atoms with van der Waals surface area (Å²) in [4.78, 5) is 42.7. The number of ether oxygens (including phenoxy) is 2.